The van der Waals surface area contributed by atoms with Gasteiger partial charge in [-0.25, -0.2) is 4.98 Å². The highest BCUT2D eigenvalue weighted by Gasteiger charge is 2.15. The lowest BCUT2D eigenvalue weighted by atomic mass is 10.2. The van der Waals surface area contributed by atoms with Crippen LogP contribution in [0.2, 0.25) is 0 Å². The van der Waals surface area contributed by atoms with E-state index >= 15 is 0 Å². The molecule has 0 fully saturated rings. The van der Waals surface area contributed by atoms with Crippen molar-refractivity contribution >= 4 is 5.69 Å². The minimum Gasteiger partial charge on any atom is -0.482 e. The second kappa shape index (κ2) is 6.45. The predicted octanol–water partition coefficient (Wildman–Crippen LogP) is 1.90. The van der Waals surface area contributed by atoms with Crippen molar-refractivity contribution < 1.29 is 9.66 Å². The standard InChI is InChI=1S/C14H12N4O3/c15-7-10-1-2-14(13(6-10)18(19)20)21-9-11-3-4-17-12(5-11)8-16/h1-6H,7,9,15H2. The maximum absolute atomic E-state index is 11.0. The lowest BCUT2D eigenvalue weighted by Crippen LogP contribution is -2.02. The fourth-order valence-electron chi connectivity index (χ4n) is 1.74. The number of nitro groups is 1. The van der Waals surface area contributed by atoms with E-state index in [2.05, 4.69) is 4.98 Å². The molecule has 1 aromatic carbocycles. The number of nitrogens with zero attached hydrogens (tertiary/aromatic N) is 3. The maximum Gasteiger partial charge on any atom is 0.311 e. The van der Waals surface area contributed by atoms with Crippen LogP contribution in [0, 0.1) is 21.4 Å². The van der Waals surface area contributed by atoms with Crippen LogP contribution in [0.4, 0.5) is 5.69 Å². The number of ether oxygens (including phenoxy) is 1. The Morgan fingerprint density at radius 2 is 2.14 bits per heavy atom. The first-order valence-electron chi connectivity index (χ1n) is 6.09. The van der Waals surface area contributed by atoms with Crippen molar-refractivity contribution in [3.8, 4) is 11.8 Å². The van der Waals surface area contributed by atoms with Gasteiger partial charge in [-0.15, -0.1) is 0 Å². The second-order valence-corrected chi connectivity index (χ2v) is 4.21. The van der Waals surface area contributed by atoms with Gasteiger partial charge in [0.2, 0.25) is 0 Å². The molecule has 7 heteroatoms. The van der Waals surface area contributed by atoms with E-state index in [4.69, 9.17) is 15.7 Å². The zero-order chi connectivity index (χ0) is 15.2. The van der Waals surface area contributed by atoms with E-state index in [0.717, 1.165) is 0 Å². The Labute approximate surface area is 120 Å². The molecule has 21 heavy (non-hydrogen) atoms. The highest BCUT2D eigenvalue weighted by atomic mass is 16.6. The molecule has 2 aromatic rings. The van der Waals surface area contributed by atoms with E-state index in [1.165, 1.54) is 18.3 Å². The monoisotopic (exact) mass is 284 g/mol. The number of nitrogens with two attached hydrogens (primary N) is 1. The normalized spacial score (nSPS) is 9.90. The van der Waals surface area contributed by atoms with Gasteiger partial charge < -0.3 is 10.5 Å². The SMILES string of the molecule is N#Cc1cc(COc2ccc(CN)cc2[N+](=O)[O-])ccn1. The van der Waals surface area contributed by atoms with Crippen molar-refractivity contribution in [2.24, 2.45) is 5.73 Å². The lowest BCUT2D eigenvalue weighted by molar-refractivity contribution is -0.386. The van der Waals surface area contributed by atoms with E-state index in [1.807, 2.05) is 6.07 Å². The highest BCUT2D eigenvalue weighted by molar-refractivity contribution is 5.48. The van der Waals surface area contributed by atoms with Crippen molar-refractivity contribution in [2.45, 2.75) is 13.2 Å². The van der Waals surface area contributed by atoms with E-state index in [0.29, 0.717) is 11.1 Å². The Morgan fingerprint density at radius 1 is 1.33 bits per heavy atom. The highest BCUT2D eigenvalue weighted by Crippen LogP contribution is 2.28. The number of rotatable bonds is 5. The smallest absolute Gasteiger partial charge is 0.311 e. The minimum absolute atomic E-state index is 0.111. The van der Waals surface area contributed by atoms with Crippen LogP contribution in [-0.2, 0) is 13.2 Å². The van der Waals surface area contributed by atoms with E-state index in [1.54, 1.807) is 18.2 Å². The Bertz CT molecular complexity index is 710. The van der Waals surface area contributed by atoms with Crippen LogP contribution in [-0.4, -0.2) is 9.91 Å². The molecule has 0 amide bonds. The first kappa shape index (κ1) is 14.4. The summed E-state index contributed by atoms with van der Waals surface area (Å²) >= 11 is 0. The molecular weight excluding hydrogens is 272 g/mol. The van der Waals surface area contributed by atoms with Crippen LogP contribution in [0.5, 0.6) is 5.75 Å². The van der Waals surface area contributed by atoms with E-state index in [-0.39, 0.29) is 30.3 Å². The Balaban J connectivity index is 2.19. The van der Waals surface area contributed by atoms with Crippen molar-refractivity contribution in [3.63, 3.8) is 0 Å². The predicted molar refractivity (Wildman–Crippen MR) is 74.3 cm³/mol. The molecule has 0 spiro atoms. The van der Waals surface area contributed by atoms with Crippen LogP contribution in [0.1, 0.15) is 16.8 Å². The lowest BCUT2D eigenvalue weighted by Gasteiger charge is -2.08. The summed E-state index contributed by atoms with van der Waals surface area (Å²) in [5.74, 6) is 0.160. The number of pyridine rings is 1. The second-order valence-electron chi connectivity index (χ2n) is 4.21. The van der Waals surface area contributed by atoms with Crippen molar-refractivity contribution in [1.29, 1.82) is 5.26 Å². The summed E-state index contributed by atoms with van der Waals surface area (Å²) in [4.78, 5) is 14.4. The fraction of sp³-hybridized carbons (Fsp3) is 0.143. The molecule has 0 aliphatic carbocycles. The summed E-state index contributed by atoms with van der Waals surface area (Å²) in [6.07, 6.45) is 1.49. The van der Waals surface area contributed by atoms with Gasteiger partial charge in [-0.2, -0.15) is 5.26 Å². The van der Waals surface area contributed by atoms with Gasteiger partial charge in [0.05, 0.1) is 4.92 Å². The van der Waals surface area contributed by atoms with Gasteiger partial charge in [-0.05, 0) is 29.3 Å². The van der Waals surface area contributed by atoms with E-state index < -0.39 is 4.92 Å². The molecule has 0 saturated heterocycles. The zero-order valence-corrected chi connectivity index (χ0v) is 11.0. The summed E-state index contributed by atoms with van der Waals surface area (Å²) in [6.45, 7) is 0.330. The number of aromatic nitrogens is 1. The molecule has 7 nitrogen and oxygen atoms in total. The third-order valence-corrected chi connectivity index (χ3v) is 2.79. The zero-order valence-electron chi connectivity index (χ0n) is 11.0. The van der Waals surface area contributed by atoms with Crippen LogP contribution in [0.15, 0.2) is 36.5 Å². The third kappa shape index (κ3) is 3.52. The van der Waals surface area contributed by atoms with Gasteiger partial charge >= 0.3 is 5.69 Å². The number of nitro benzene ring substituents is 1. The average Bonchev–Trinajstić information content (AvgIpc) is 2.52. The van der Waals surface area contributed by atoms with Gasteiger partial charge in [0.25, 0.3) is 0 Å². The first-order valence-corrected chi connectivity index (χ1v) is 6.09. The van der Waals surface area contributed by atoms with Gasteiger partial charge in [-0.1, -0.05) is 6.07 Å². The molecule has 1 aromatic heterocycles. The summed E-state index contributed by atoms with van der Waals surface area (Å²) in [7, 11) is 0. The first-order chi connectivity index (χ1) is 10.1. The molecule has 1 heterocycles. The van der Waals surface area contributed by atoms with Crippen LogP contribution >= 0.6 is 0 Å². The van der Waals surface area contributed by atoms with Crippen molar-refractivity contribution in [3.05, 3.63) is 63.5 Å². The molecule has 0 aliphatic heterocycles. The van der Waals surface area contributed by atoms with Crippen LogP contribution < -0.4 is 10.5 Å². The molecular formula is C14H12N4O3. The fourth-order valence-corrected chi connectivity index (χ4v) is 1.74. The number of benzene rings is 1. The Kier molecular flexibility index (Phi) is 4.43. The third-order valence-electron chi connectivity index (χ3n) is 2.79. The van der Waals surface area contributed by atoms with Crippen LogP contribution in [0.25, 0.3) is 0 Å². The molecule has 2 N–H and O–H groups in total. The summed E-state index contributed by atoms with van der Waals surface area (Å²) in [5.41, 5.74) is 6.96. The molecule has 106 valence electrons. The largest absolute Gasteiger partial charge is 0.482 e. The average molecular weight is 284 g/mol. The maximum atomic E-state index is 11.0. The quantitative estimate of drug-likeness (QED) is 0.662. The summed E-state index contributed by atoms with van der Waals surface area (Å²) < 4.78 is 5.46. The topological polar surface area (TPSA) is 115 Å². The van der Waals surface area contributed by atoms with Crippen molar-refractivity contribution in [2.75, 3.05) is 0 Å². The molecule has 0 saturated carbocycles. The molecule has 0 radical (unpaired) electrons. The number of nitriles is 1. The number of hydrogen-bond acceptors (Lipinski definition) is 6. The Morgan fingerprint density at radius 3 is 2.81 bits per heavy atom. The summed E-state index contributed by atoms with van der Waals surface area (Å²) in [5, 5.41) is 19.8. The van der Waals surface area contributed by atoms with Crippen molar-refractivity contribution in [1.82, 2.24) is 4.98 Å². The number of hydrogen-bond donors (Lipinski definition) is 1. The molecule has 0 atom stereocenters. The van der Waals surface area contributed by atoms with Gasteiger partial charge in [0.1, 0.15) is 18.4 Å². The molecule has 0 bridgehead atoms. The molecule has 2 rings (SSSR count). The molecule has 0 unspecified atom stereocenters. The van der Waals surface area contributed by atoms with E-state index in [9.17, 15) is 10.1 Å². The Hall–Kier alpha value is -2.98. The molecule has 0 aliphatic rings. The van der Waals surface area contributed by atoms with Gasteiger partial charge in [0.15, 0.2) is 5.75 Å². The minimum atomic E-state index is -0.512. The van der Waals surface area contributed by atoms with Gasteiger partial charge in [0, 0.05) is 18.8 Å². The van der Waals surface area contributed by atoms with Crippen LogP contribution in [0.3, 0.4) is 0 Å². The van der Waals surface area contributed by atoms with Gasteiger partial charge in [-0.3, -0.25) is 10.1 Å². The summed E-state index contributed by atoms with van der Waals surface area (Å²) in [6, 6.07) is 9.76.